The second-order valence-corrected chi connectivity index (χ2v) is 7.20. The third kappa shape index (κ3) is 5.39. The molecular weight excluding hydrogens is 455 g/mol. The van der Waals surface area contributed by atoms with Gasteiger partial charge in [0.2, 0.25) is 5.96 Å². The van der Waals surface area contributed by atoms with Crippen molar-refractivity contribution in [3.05, 3.63) is 107 Å². The lowest BCUT2D eigenvalue weighted by molar-refractivity contribution is 0.0976. The summed E-state index contributed by atoms with van der Waals surface area (Å²) in [6, 6.07) is 17.1. The van der Waals surface area contributed by atoms with E-state index in [9.17, 15) is 18.0 Å². The molecule has 1 aromatic heterocycles. The molecule has 0 saturated carbocycles. The highest BCUT2D eigenvalue weighted by molar-refractivity contribution is 6.31. The predicted molar refractivity (Wildman–Crippen MR) is 120 cm³/mol. The number of halogens is 4. The minimum Gasteiger partial charge on any atom is -0.325 e. The highest BCUT2D eigenvalue weighted by atomic mass is 35.5. The maximum Gasteiger partial charge on any atom is 0.258 e. The molecule has 0 aliphatic carbocycles. The van der Waals surface area contributed by atoms with Crippen molar-refractivity contribution in [3.63, 3.8) is 0 Å². The lowest BCUT2D eigenvalue weighted by atomic mass is 10.2. The number of benzene rings is 3. The van der Waals surface area contributed by atoms with Gasteiger partial charge < -0.3 is 5.32 Å². The zero-order valence-electron chi connectivity index (χ0n) is 16.8. The molecule has 0 aliphatic rings. The van der Waals surface area contributed by atoms with Crippen LogP contribution in [-0.4, -0.2) is 21.6 Å². The summed E-state index contributed by atoms with van der Waals surface area (Å²) < 4.78 is 42.2. The minimum atomic E-state index is -1.17. The Morgan fingerprint density at radius 2 is 1.73 bits per heavy atom. The first kappa shape index (κ1) is 22.1. The lowest BCUT2D eigenvalue weighted by Crippen LogP contribution is -2.36. The van der Waals surface area contributed by atoms with Gasteiger partial charge in [0.25, 0.3) is 5.91 Å². The van der Waals surface area contributed by atoms with Crippen LogP contribution in [0.5, 0.6) is 0 Å². The molecule has 4 aromatic rings. The Hall–Kier alpha value is -4.11. The first-order chi connectivity index (χ1) is 15.9. The van der Waals surface area contributed by atoms with Gasteiger partial charge in [0, 0.05) is 22.3 Å². The molecular formula is C23H15ClF3N5O. The van der Waals surface area contributed by atoms with Crippen molar-refractivity contribution in [1.29, 1.82) is 0 Å². The molecule has 0 radical (unpaired) electrons. The zero-order valence-corrected chi connectivity index (χ0v) is 17.5. The number of nitrogens with zero attached hydrogens (tertiary/aromatic N) is 3. The molecule has 33 heavy (non-hydrogen) atoms. The van der Waals surface area contributed by atoms with Gasteiger partial charge in [-0.05, 0) is 48.5 Å². The molecule has 2 N–H and O–H groups in total. The van der Waals surface area contributed by atoms with Crippen LogP contribution in [0.25, 0.3) is 5.69 Å². The average molecular weight is 470 g/mol. The summed E-state index contributed by atoms with van der Waals surface area (Å²) >= 11 is 5.92. The molecule has 4 rings (SSSR count). The van der Waals surface area contributed by atoms with Crippen LogP contribution < -0.4 is 10.6 Å². The summed E-state index contributed by atoms with van der Waals surface area (Å²) in [5.74, 6) is -3.42. The highest BCUT2D eigenvalue weighted by Gasteiger charge is 2.14. The van der Waals surface area contributed by atoms with Crippen molar-refractivity contribution in [2.24, 2.45) is 4.99 Å². The van der Waals surface area contributed by atoms with Gasteiger partial charge in [-0.2, -0.15) is 10.1 Å². The van der Waals surface area contributed by atoms with Crippen LogP contribution in [0.2, 0.25) is 5.02 Å². The minimum absolute atomic E-state index is 0.121. The Morgan fingerprint density at radius 1 is 0.939 bits per heavy atom. The second-order valence-electron chi connectivity index (χ2n) is 6.76. The topological polar surface area (TPSA) is 71.3 Å². The summed E-state index contributed by atoms with van der Waals surface area (Å²) in [7, 11) is 0. The van der Waals surface area contributed by atoms with Crippen LogP contribution in [0.3, 0.4) is 0 Å². The monoisotopic (exact) mass is 469 g/mol. The Balaban J connectivity index is 1.71. The molecule has 6 nitrogen and oxygen atoms in total. The van der Waals surface area contributed by atoms with E-state index in [0.717, 1.165) is 30.3 Å². The van der Waals surface area contributed by atoms with E-state index in [1.807, 2.05) is 30.3 Å². The second kappa shape index (κ2) is 9.58. The smallest absolute Gasteiger partial charge is 0.258 e. The van der Waals surface area contributed by atoms with Crippen LogP contribution in [-0.2, 0) is 0 Å². The van der Waals surface area contributed by atoms with Crippen molar-refractivity contribution in [2.75, 3.05) is 5.32 Å². The largest absolute Gasteiger partial charge is 0.325 e. The van der Waals surface area contributed by atoms with Gasteiger partial charge in [-0.1, -0.05) is 29.8 Å². The molecule has 0 fully saturated rings. The molecule has 3 aromatic carbocycles. The fraction of sp³-hybridized carbons (Fsp3) is 0. The van der Waals surface area contributed by atoms with E-state index in [0.29, 0.717) is 11.5 Å². The number of hydrogen-bond donors (Lipinski definition) is 2. The lowest BCUT2D eigenvalue weighted by Gasteiger charge is -2.13. The molecule has 0 saturated heterocycles. The van der Waals surface area contributed by atoms with E-state index in [1.54, 1.807) is 6.07 Å². The van der Waals surface area contributed by atoms with Crippen molar-refractivity contribution in [1.82, 2.24) is 15.1 Å². The maximum atomic E-state index is 13.8. The summed E-state index contributed by atoms with van der Waals surface area (Å²) in [4.78, 5) is 17.1. The highest BCUT2D eigenvalue weighted by Crippen LogP contribution is 2.20. The van der Waals surface area contributed by atoms with E-state index < -0.39 is 23.4 Å². The summed E-state index contributed by atoms with van der Waals surface area (Å²) in [6.45, 7) is 0. The number of carbonyl (C=O) groups is 1. The Labute approximate surface area is 191 Å². The van der Waals surface area contributed by atoms with Gasteiger partial charge in [0.05, 0.1) is 11.9 Å². The van der Waals surface area contributed by atoms with Crippen LogP contribution in [0.15, 0.2) is 84.0 Å². The third-order valence-corrected chi connectivity index (χ3v) is 4.61. The number of nitrogens with one attached hydrogen (secondary N) is 2. The summed E-state index contributed by atoms with van der Waals surface area (Å²) in [5, 5.41) is 9.63. The number of aliphatic imine (C=N–C) groups is 1. The van der Waals surface area contributed by atoms with Gasteiger partial charge in [-0.15, -0.1) is 0 Å². The van der Waals surface area contributed by atoms with Gasteiger partial charge in [0.15, 0.2) is 17.5 Å². The van der Waals surface area contributed by atoms with E-state index >= 15 is 0 Å². The molecule has 0 atom stereocenters. The number of guanidine groups is 1. The molecule has 10 heteroatoms. The van der Waals surface area contributed by atoms with Crippen LogP contribution >= 0.6 is 11.6 Å². The van der Waals surface area contributed by atoms with Gasteiger partial charge in [-0.25, -0.2) is 17.9 Å². The summed E-state index contributed by atoms with van der Waals surface area (Å²) in [6.07, 6.45) is 1.51. The van der Waals surface area contributed by atoms with Crippen LogP contribution in [0.4, 0.5) is 24.7 Å². The van der Waals surface area contributed by atoms with E-state index in [2.05, 4.69) is 20.7 Å². The number of hydrogen-bond acceptors (Lipinski definition) is 3. The van der Waals surface area contributed by atoms with Gasteiger partial charge in [-0.3, -0.25) is 10.1 Å². The number of carbonyl (C=O) groups excluding carboxylic acids is 1. The van der Waals surface area contributed by atoms with Crippen molar-refractivity contribution < 1.29 is 18.0 Å². The molecule has 0 spiro atoms. The predicted octanol–water partition coefficient (Wildman–Crippen LogP) is 5.47. The van der Waals surface area contributed by atoms with E-state index in [4.69, 9.17) is 11.6 Å². The Morgan fingerprint density at radius 3 is 2.45 bits per heavy atom. The van der Waals surface area contributed by atoms with Crippen LogP contribution in [0, 0.1) is 17.5 Å². The molecule has 1 amide bonds. The van der Waals surface area contributed by atoms with Gasteiger partial charge in [0.1, 0.15) is 5.82 Å². The first-order valence-electron chi connectivity index (χ1n) is 9.57. The molecule has 1 heterocycles. The number of para-hydroxylation sites is 1. The fourth-order valence-electron chi connectivity index (χ4n) is 2.93. The zero-order chi connectivity index (χ0) is 23.4. The van der Waals surface area contributed by atoms with Crippen molar-refractivity contribution >= 4 is 35.0 Å². The van der Waals surface area contributed by atoms with Gasteiger partial charge >= 0.3 is 0 Å². The average Bonchev–Trinajstić information content (AvgIpc) is 3.23. The molecule has 0 bridgehead atoms. The quantitative estimate of drug-likeness (QED) is 0.307. The number of amides is 1. The summed E-state index contributed by atoms with van der Waals surface area (Å²) in [5.41, 5.74) is 0.772. The standard InChI is InChI=1S/C23H15ClF3N5O/c24-15-11-16(25)13-17(12-15)29-23(31-22(33)14-6-7-19(26)20(27)10-14)30-21-8-9-28-32(21)18-4-2-1-3-5-18/h1-13H,(H2,29,30,31,33). The number of rotatable bonds is 4. The molecule has 0 unspecified atom stereocenters. The molecule has 0 aliphatic heterocycles. The SMILES string of the molecule is O=C(NC(=Nc1ccnn1-c1ccccc1)Nc1cc(F)cc(Cl)c1)c1ccc(F)c(F)c1. The van der Waals surface area contributed by atoms with E-state index in [-0.39, 0.29) is 22.2 Å². The number of anilines is 1. The van der Waals surface area contributed by atoms with E-state index in [1.165, 1.54) is 16.9 Å². The van der Waals surface area contributed by atoms with Crippen molar-refractivity contribution in [3.8, 4) is 5.69 Å². The fourth-order valence-corrected chi connectivity index (χ4v) is 3.15. The molecule has 166 valence electrons. The normalized spacial score (nSPS) is 11.3. The van der Waals surface area contributed by atoms with Crippen LogP contribution in [0.1, 0.15) is 10.4 Å². The first-order valence-corrected chi connectivity index (χ1v) is 9.94. The van der Waals surface area contributed by atoms with Crippen molar-refractivity contribution in [2.45, 2.75) is 0 Å². The third-order valence-electron chi connectivity index (χ3n) is 4.39. The maximum absolute atomic E-state index is 13.8. The number of aromatic nitrogens is 2. The Bertz CT molecular complexity index is 1320. The Kier molecular flexibility index (Phi) is 6.41.